The highest BCUT2D eigenvalue weighted by molar-refractivity contribution is 5.91. The van der Waals surface area contributed by atoms with Gasteiger partial charge in [0, 0.05) is 36.1 Å². The van der Waals surface area contributed by atoms with Gasteiger partial charge in [0.25, 0.3) is 0 Å². The Kier molecular flexibility index (Phi) is 4.49. The van der Waals surface area contributed by atoms with Crippen molar-refractivity contribution in [3.05, 3.63) is 59.9 Å². The smallest absolute Gasteiger partial charge is 0.222 e. The maximum Gasteiger partial charge on any atom is 0.222 e. The number of aryl methyl sites for hydroxylation is 1. The Balaban J connectivity index is 1.66. The number of aromatic nitrogens is 1. The molecule has 2 heterocycles. The molecule has 2 aromatic carbocycles. The zero-order valence-corrected chi connectivity index (χ0v) is 15.0. The number of carbonyl (C=O) groups is 1. The number of halogens is 1. The van der Waals surface area contributed by atoms with Crippen LogP contribution in [0.3, 0.4) is 0 Å². The molecule has 1 amide bonds. The molecule has 1 aliphatic rings. The van der Waals surface area contributed by atoms with Gasteiger partial charge in [-0.2, -0.15) is 0 Å². The second kappa shape index (κ2) is 6.94. The van der Waals surface area contributed by atoms with Crippen LogP contribution in [0.25, 0.3) is 22.2 Å². The molecule has 0 aliphatic carbocycles. The van der Waals surface area contributed by atoms with Crippen molar-refractivity contribution in [2.45, 2.75) is 26.2 Å². The maximum atomic E-state index is 13.8. The second-order valence-electron chi connectivity index (χ2n) is 7.27. The lowest BCUT2D eigenvalue weighted by Crippen LogP contribution is -2.28. The molecule has 1 fully saturated rings. The van der Waals surface area contributed by atoms with Crippen LogP contribution in [0.15, 0.2) is 48.5 Å². The van der Waals surface area contributed by atoms with Gasteiger partial charge in [-0.25, -0.2) is 4.39 Å². The van der Waals surface area contributed by atoms with Crippen LogP contribution in [-0.2, 0) is 11.2 Å². The molecule has 0 radical (unpaired) electrons. The Labute approximate surface area is 152 Å². The molecule has 1 atom stereocenters. The lowest BCUT2D eigenvalue weighted by atomic mass is 10.0. The standard InChI is InChI=1S/C22H23FN2O/c1-15-11-12-25(14-15)21(26)10-8-18-19-13-17(23)7-9-20(19)24-22(18)16-5-3-2-4-6-16/h2-7,9,13,15,24H,8,10-12,14H2,1H3. The van der Waals surface area contributed by atoms with Gasteiger partial charge >= 0.3 is 0 Å². The molecule has 3 nitrogen and oxygen atoms in total. The predicted octanol–water partition coefficient (Wildman–Crippen LogP) is 4.78. The van der Waals surface area contributed by atoms with Crippen LogP contribution < -0.4 is 0 Å². The van der Waals surface area contributed by atoms with Crippen molar-refractivity contribution >= 4 is 16.8 Å². The molecule has 1 aromatic heterocycles. The summed E-state index contributed by atoms with van der Waals surface area (Å²) in [6.07, 6.45) is 2.15. The molecule has 4 heteroatoms. The fourth-order valence-corrected chi connectivity index (χ4v) is 3.88. The monoisotopic (exact) mass is 350 g/mol. The molecule has 26 heavy (non-hydrogen) atoms. The number of carbonyl (C=O) groups excluding carboxylic acids is 1. The van der Waals surface area contributed by atoms with Gasteiger partial charge in [0.2, 0.25) is 5.91 Å². The summed E-state index contributed by atoms with van der Waals surface area (Å²) in [5.74, 6) is 0.525. The SMILES string of the molecule is CC1CCN(C(=O)CCc2c(-c3ccccc3)[nH]c3ccc(F)cc23)C1. The quantitative estimate of drug-likeness (QED) is 0.722. The minimum absolute atomic E-state index is 0.194. The lowest BCUT2D eigenvalue weighted by Gasteiger charge is -2.16. The number of nitrogens with one attached hydrogen (secondary N) is 1. The van der Waals surface area contributed by atoms with E-state index in [1.54, 1.807) is 12.1 Å². The molecule has 1 saturated heterocycles. The Morgan fingerprint density at radius 3 is 2.77 bits per heavy atom. The van der Waals surface area contributed by atoms with Crippen LogP contribution in [0.1, 0.15) is 25.3 Å². The van der Waals surface area contributed by atoms with E-state index in [0.717, 1.165) is 47.2 Å². The molecule has 134 valence electrons. The second-order valence-corrected chi connectivity index (χ2v) is 7.27. The first-order valence-electron chi connectivity index (χ1n) is 9.25. The van der Waals surface area contributed by atoms with Gasteiger partial charge in [-0.1, -0.05) is 37.3 Å². The van der Waals surface area contributed by atoms with Crippen molar-refractivity contribution in [3.63, 3.8) is 0 Å². The number of benzene rings is 2. The molecule has 4 rings (SSSR count). The summed E-state index contributed by atoms with van der Waals surface area (Å²) in [4.78, 5) is 18.0. The molecular weight excluding hydrogens is 327 g/mol. The number of aromatic amines is 1. The summed E-state index contributed by atoms with van der Waals surface area (Å²) in [5, 5.41) is 0.867. The van der Waals surface area contributed by atoms with Crippen LogP contribution in [0, 0.1) is 11.7 Å². The number of fused-ring (bicyclic) bond motifs is 1. The number of H-pyrrole nitrogens is 1. The molecule has 1 N–H and O–H groups in total. The highest BCUT2D eigenvalue weighted by Gasteiger charge is 2.23. The number of amides is 1. The first-order valence-corrected chi connectivity index (χ1v) is 9.25. The fraction of sp³-hybridized carbons (Fsp3) is 0.318. The summed E-state index contributed by atoms with van der Waals surface area (Å²) < 4.78 is 13.8. The predicted molar refractivity (Wildman–Crippen MR) is 102 cm³/mol. The number of rotatable bonds is 4. The Hall–Kier alpha value is -2.62. The van der Waals surface area contributed by atoms with Gasteiger partial charge in [0.15, 0.2) is 0 Å². The van der Waals surface area contributed by atoms with Crippen LogP contribution in [0.4, 0.5) is 4.39 Å². The van der Waals surface area contributed by atoms with Crippen molar-refractivity contribution in [3.8, 4) is 11.3 Å². The normalized spacial score (nSPS) is 17.2. The summed E-state index contributed by atoms with van der Waals surface area (Å²) >= 11 is 0. The van der Waals surface area contributed by atoms with Crippen LogP contribution in [0.2, 0.25) is 0 Å². The molecule has 1 aliphatic heterocycles. The number of hydrogen-bond donors (Lipinski definition) is 1. The van der Waals surface area contributed by atoms with Crippen molar-refractivity contribution in [2.24, 2.45) is 5.92 Å². The van der Waals surface area contributed by atoms with Gasteiger partial charge in [-0.3, -0.25) is 4.79 Å². The summed E-state index contributed by atoms with van der Waals surface area (Å²) in [6, 6.07) is 14.8. The minimum atomic E-state index is -0.253. The number of hydrogen-bond acceptors (Lipinski definition) is 1. The van der Waals surface area contributed by atoms with Gasteiger partial charge in [0.1, 0.15) is 5.82 Å². The van der Waals surface area contributed by atoms with E-state index in [0.29, 0.717) is 18.8 Å². The molecule has 0 saturated carbocycles. The van der Waals surface area contributed by atoms with Crippen LogP contribution in [0.5, 0.6) is 0 Å². The minimum Gasteiger partial charge on any atom is -0.354 e. The van der Waals surface area contributed by atoms with E-state index in [4.69, 9.17) is 0 Å². The van der Waals surface area contributed by atoms with Crippen molar-refractivity contribution in [1.29, 1.82) is 0 Å². The third kappa shape index (κ3) is 3.24. The molecule has 0 bridgehead atoms. The largest absolute Gasteiger partial charge is 0.354 e. The van der Waals surface area contributed by atoms with Crippen molar-refractivity contribution in [1.82, 2.24) is 9.88 Å². The fourth-order valence-electron chi connectivity index (χ4n) is 3.88. The first-order chi connectivity index (χ1) is 12.6. The van der Waals surface area contributed by atoms with Gasteiger partial charge in [-0.05, 0) is 48.1 Å². The zero-order chi connectivity index (χ0) is 18.1. The van der Waals surface area contributed by atoms with E-state index >= 15 is 0 Å². The Bertz CT molecular complexity index is 932. The Morgan fingerprint density at radius 2 is 2.04 bits per heavy atom. The average molecular weight is 350 g/mol. The van der Waals surface area contributed by atoms with Crippen LogP contribution in [-0.4, -0.2) is 28.9 Å². The molecular formula is C22H23FN2O. The first kappa shape index (κ1) is 16.8. The third-order valence-electron chi connectivity index (χ3n) is 5.30. The highest BCUT2D eigenvalue weighted by Crippen LogP contribution is 2.32. The maximum absolute atomic E-state index is 13.8. The van der Waals surface area contributed by atoms with E-state index in [9.17, 15) is 9.18 Å². The summed E-state index contributed by atoms with van der Waals surface area (Å²) in [6.45, 7) is 3.89. The number of likely N-dealkylation sites (tertiary alicyclic amines) is 1. The van der Waals surface area contributed by atoms with E-state index in [1.165, 1.54) is 6.07 Å². The molecule has 1 unspecified atom stereocenters. The van der Waals surface area contributed by atoms with Crippen molar-refractivity contribution < 1.29 is 9.18 Å². The zero-order valence-electron chi connectivity index (χ0n) is 15.0. The summed E-state index contributed by atoms with van der Waals surface area (Å²) in [5.41, 5.74) is 3.96. The van der Waals surface area contributed by atoms with Gasteiger partial charge in [0.05, 0.1) is 0 Å². The van der Waals surface area contributed by atoms with Crippen molar-refractivity contribution in [2.75, 3.05) is 13.1 Å². The van der Waals surface area contributed by atoms with Crippen LogP contribution >= 0.6 is 0 Å². The third-order valence-corrected chi connectivity index (χ3v) is 5.30. The summed E-state index contributed by atoms with van der Waals surface area (Å²) in [7, 11) is 0. The number of nitrogens with zero attached hydrogens (tertiary/aromatic N) is 1. The van der Waals surface area contributed by atoms with E-state index < -0.39 is 0 Å². The van der Waals surface area contributed by atoms with E-state index in [2.05, 4.69) is 11.9 Å². The molecule has 0 spiro atoms. The van der Waals surface area contributed by atoms with E-state index in [1.807, 2.05) is 35.2 Å². The van der Waals surface area contributed by atoms with Gasteiger partial charge in [-0.15, -0.1) is 0 Å². The molecule has 3 aromatic rings. The lowest BCUT2D eigenvalue weighted by molar-refractivity contribution is -0.130. The Morgan fingerprint density at radius 1 is 1.23 bits per heavy atom. The average Bonchev–Trinajstić information content (AvgIpc) is 3.24. The van der Waals surface area contributed by atoms with Gasteiger partial charge < -0.3 is 9.88 Å². The highest BCUT2D eigenvalue weighted by atomic mass is 19.1. The topological polar surface area (TPSA) is 36.1 Å². The van der Waals surface area contributed by atoms with E-state index in [-0.39, 0.29) is 11.7 Å².